The second-order valence-electron chi connectivity index (χ2n) is 10.7. The van der Waals surface area contributed by atoms with Crippen molar-refractivity contribution in [2.75, 3.05) is 52.5 Å². The molecular weight excluding hydrogens is 460 g/mol. The van der Waals surface area contributed by atoms with Crippen molar-refractivity contribution >= 4 is 11.8 Å². The molecule has 0 bridgehead atoms. The van der Waals surface area contributed by atoms with Crippen LogP contribution in [0.15, 0.2) is 28.9 Å². The van der Waals surface area contributed by atoms with Crippen molar-refractivity contribution in [1.29, 1.82) is 0 Å². The van der Waals surface area contributed by atoms with Crippen LogP contribution in [0, 0.1) is 5.41 Å². The fourth-order valence-electron chi connectivity index (χ4n) is 5.64. The molecule has 0 saturated carbocycles. The number of carbonyl (C=O) groups is 2. The molecule has 194 valence electrons. The number of morpholine rings is 1. The van der Waals surface area contributed by atoms with E-state index < -0.39 is 0 Å². The number of nitrogens with zero attached hydrogens (tertiary/aromatic N) is 6. The number of aromatic nitrogens is 3. The first-order valence-electron chi connectivity index (χ1n) is 13.0. The maximum Gasteiger partial charge on any atom is 0.236 e. The summed E-state index contributed by atoms with van der Waals surface area (Å²) in [5, 5.41) is 8.64. The molecule has 10 heteroatoms. The van der Waals surface area contributed by atoms with Gasteiger partial charge in [-0.25, -0.2) is 0 Å². The van der Waals surface area contributed by atoms with Gasteiger partial charge >= 0.3 is 0 Å². The van der Waals surface area contributed by atoms with Gasteiger partial charge in [-0.05, 0) is 42.4 Å². The minimum absolute atomic E-state index is 0.0237. The highest BCUT2D eigenvalue weighted by Crippen LogP contribution is 2.48. The van der Waals surface area contributed by atoms with E-state index >= 15 is 0 Å². The fraction of sp³-hybridized carbons (Fsp3) is 0.654. The van der Waals surface area contributed by atoms with E-state index in [9.17, 15) is 9.59 Å². The Hall–Kier alpha value is -2.85. The van der Waals surface area contributed by atoms with Gasteiger partial charge in [0.1, 0.15) is 0 Å². The second kappa shape index (κ2) is 10.6. The molecule has 10 nitrogen and oxygen atoms in total. The van der Waals surface area contributed by atoms with Crippen molar-refractivity contribution in [1.82, 2.24) is 29.9 Å². The molecule has 36 heavy (non-hydrogen) atoms. The summed E-state index contributed by atoms with van der Waals surface area (Å²) >= 11 is 0. The number of carbonyl (C=O) groups excluding carboxylic acids is 2. The van der Waals surface area contributed by atoms with Crippen LogP contribution < -0.4 is 0 Å². The summed E-state index contributed by atoms with van der Waals surface area (Å²) in [7, 11) is 0. The molecule has 0 aliphatic carbocycles. The predicted octanol–water partition coefficient (Wildman–Crippen LogP) is 2.05. The zero-order chi connectivity index (χ0) is 25.1. The maximum atomic E-state index is 13.1. The Bertz CT molecular complexity index is 1040. The third kappa shape index (κ3) is 5.44. The number of piperidine rings is 1. The van der Waals surface area contributed by atoms with Crippen LogP contribution in [0.4, 0.5) is 0 Å². The van der Waals surface area contributed by atoms with Crippen LogP contribution in [0.5, 0.6) is 0 Å². The van der Waals surface area contributed by atoms with Crippen molar-refractivity contribution in [3.05, 3.63) is 41.9 Å². The summed E-state index contributed by atoms with van der Waals surface area (Å²) in [6.45, 7) is 9.08. The van der Waals surface area contributed by atoms with Crippen molar-refractivity contribution in [2.24, 2.45) is 5.41 Å². The lowest BCUT2D eigenvalue weighted by molar-refractivity contribution is -0.136. The Labute approximate surface area is 212 Å². The first-order valence-corrected chi connectivity index (χ1v) is 13.0. The monoisotopic (exact) mass is 496 g/mol. The number of rotatable bonds is 6. The largest absolute Gasteiger partial charge is 0.423 e. The molecule has 3 aliphatic rings. The molecule has 3 aliphatic heterocycles. The number of hydrogen-bond donors (Lipinski definition) is 0. The van der Waals surface area contributed by atoms with Crippen LogP contribution in [-0.4, -0.2) is 94.2 Å². The molecule has 5 rings (SSSR count). The van der Waals surface area contributed by atoms with Crippen molar-refractivity contribution < 1.29 is 18.7 Å². The quantitative estimate of drug-likeness (QED) is 0.598. The van der Waals surface area contributed by atoms with Crippen molar-refractivity contribution in [3.8, 4) is 0 Å². The normalized spacial score (nSPS) is 22.5. The summed E-state index contributed by atoms with van der Waals surface area (Å²) in [5.41, 5.74) is 1.01. The van der Waals surface area contributed by atoms with E-state index in [1.54, 1.807) is 12.4 Å². The molecule has 5 heterocycles. The highest BCUT2D eigenvalue weighted by Gasteiger charge is 2.49. The van der Waals surface area contributed by atoms with E-state index in [0.29, 0.717) is 51.1 Å². The molecule has 2 aromatic rings. The van der Waals surface area contributed by atoms with Gasteiger partial charge in [0, 0.05) is 51.0 Å². The van der Waals surface area contributed by atoms with E-state index in [2.05, 4.69) is 20.1 Å². The molecule has 0 N–H and O–H groups in total. The third-order valence-corrected chi connectivity index (χ3v) is 7.82. The summed E-state index contributed by atoms with van der Waals surface area (Å²) in [6, 6.07) is 3.70. The topological polar surface area (TPSA) is 105 Å². The Morgan fingerprint density at radius 2 is 1.72 bits per heavy atom. The lowest BCUT2D eigenvalue weighted by Crippen LogP contribution is -2.47. The minimum Gasteiger partial charge on any atom is -0.423 e. The minimum atomic E-state index is -0.0888. The molecule has 2 aromatic heterocycles. The predicted molar refractivity (Wildman–Crippen MR) is 131 cm³/mol. The molecule has 2 amide bonds. The van der Waals surface area contributed by atoms with Crippen LogP contribution >= 0.6 is 0 Å². The van der Waals surface area contributed by atoms with Gasteiger partial charge in [0.25, 0.3) is 0 Å². The van der Waals surface area contributed by atoms with Crippen molar-refractivity contribution in [3.63, 3.8) is 0 Å². The summed E-state index contributed by atoms with van der Waals surface area (Å²) in [6.07, 6.45) is 6.51. The fourth-order valence-corrected chi connectivity index (χ4v) is 5.64. The maximum absolute atomic E-state index is 13.1. The summed E-state index contributed by atoms with van der Waals surface area (Å²) in [4.78, 5) is 36.2. The number of pyridine rings is 1. The van der Waals surface area contributed by atoms with Gasteiger partial charge in [-0.3, -0.25) is 19.5 Å². The standard InChI is InChI=1S/C26H36N6O4/c1-19(2)24-28-29-25(36-24)21-16-26(18-32(21)17-23(34)31-11-13-35-14-12-31)5-9-30(10-6-26)22(33)15-20-3-7-27-8-4-20/h3-4,7-8,19,21H,5-6,9-18H2,1-2H3. The lowest BCUT2D eigenvalue weighted by atomic mass is 9.76. The molecule has 0 radical (unpaired) electrons. The molecule has 3 fully saturated rings. The second-order valence-corrected chi connectivity index (χ2v) is 10.7. The van der Waals surface area contributed by atoms with E-state index in [0.717, 1.165) is 44.5 Å². The average molecular weight is 497 g/mol. The number of amides is 2. The third-order valence-electron chi connectivity index (χ3n) is 7.82. The highest BCUT2D eigenvalue weighted by molar-refractivity contribution is 5.79. The Kier molecular flexibility index (Phi) is 7.34. The molecule has 3 saturated heterocycles. The lowest BCUT2D eigenvalue weighted by Gasteiger charge is -2.39. The van der Waals surface area contributed by atoms with Gasteiger partial charge in [-0.15, -0.1) is 10.2 Å². The molecular formula is C26H36N6O4. The first-order chi connectivity index (χ1) is 17.4. The van der Waals surface area contributed by atoms with Crippen LogP contribution in [0.1, 0.15) is 62.4 Å². The van der Waals surface area contributed by atoms with Gasteiger partial charge in [0.2, 0.25) is 23.6 Å². The van der Waals surface area contributed by atoms with Gasteiger partial charge in [-0.1, -0.05) is 13.8 Å². The molecule has 0 aromatic carbocycles. The molecule has 1 spiro atoms. The van der Waals surface area contributed by atoms with E-state index in [-0.39, 0.29) is 29.2 Å². The van der Waals surface area contributed by atoms with Gasteiger partial charge in [-0.2, -0.15) is 0 Å². The smallest absolute Gasteiger partial charge is 0.236 e. The van der Waals surface area contributed by atoms with E-state index in [1.807, 2.05) is 35.8 Å². The van der Waals surface area contributed by atoms with Gasteiger partial charge < -0.3 is 19.0 Å². The number of likely N-dealkylation sites (tertiary alicyclic amines) is 2. The summed E-state index contributed by atoms with van der Waals surface area (Å²) < 4.78 is 11.5. The Morgan fingerprint density at radius 1 is 1.03 bits per heavy atom. The SMILES string of the molecule is CC(C)c1nnc(C2CC3(CCN(C(=O)Cc4ccncc4)CC3)CN2CC(=O)N2CCOCC2)o1. The summed E-state index contributed by atoms with van der Waals surface area (Å²) in [5.74, 6) is 1.65. The van der Waals surface area contributed by atoms with Crippen LogP contribution in [0.3, 0.4) is 0 Å². The van der Waals surface area contributed by atoms with Crippen LogP contribution in [0.25, 0.3) is 0 Å². The zero-order valence-corrected chi connectivity index (χ0v) is 21.3. The van der Waals surface area contributed by atoms with Crippen molar-refractivity contribution in [2.45, 2.75) is 51.5 Å². The highest BCUT2D eigenvalue weighted by atomic mass is 16.5. The number of hydrogen-bond acceptors (Lipinski definition) is 8. The number of ether oxygens (including phenoxy) is 1. The van der Waals surface area contributed by atoms with Gasteiger partial charge in [0.15, 0.2) is 0 Å². The average Bonchev–Trinajstić information content (AvgIpc) is 3.51. The molecule has 1 atom stereocenters. The van der Waals surface area contributed by atoms with Crippen LogP contribution in [0.2, 0.25) is 0 Å². The van der Waals surface area contributed by atoms with Crippen LogP contribution in [-0.2, 0) is 20.7 Å². The Morgan fingerprint density at radius 3 is 2.39 bits per heavy atom. The first kappa shape index (κ1) is 24.8. The van der Waals surface area contributed by atoms with Gasteiger partial charge in [0.05, 0.1) is 32.2 Å². The zero-order valence-electron chi connectivity index (χ0n) is 21.3. The molecule has 1 unspecified atom stereocenters. The Balaban J connectivity index is 1.27. The van der Waals surface area contributed by atoms with E-state index in [1.165, 1.54) is 0 Å². The van der Waals surface area contributed by atoms with E-state index in [4.69, 9.17) is 9.15 Å².